The molecule has 3 N–H and O–H groups in total. The molecule has 3 rings (SSSR count). The predicted molar refractivity (Wildman–Crippen MR) is 82.2 cm³/mol. The highest BCUT2D eigenvalue weighted by molar-refractivity contribution is 7.92. The van der Waals surface area contributed by atoms with E-state index in [1.165, 1.54) is 5.57 Å². The molecule has 2 heterocycles. The number of sulfonamides is 1. The van der Waals surface area contributed by atoms with Gasteiger partial charge in [-0.1, -0.05) is 6.08 Å². The molecular formula is C14H17N3O2S. The molecule has 1 aliphatic heterocycles. The first-order valence-electron chi connectivity index (χ1n) is 6.52. The van der Waals surface area contributed by atoms with E-state index in [1.807, 2.05) is 18.3 Å². The smallest absolute Gasteiger partial charge is 0.229 e. The number of aromatic nitrogens is 1. The number of anilines is 1. The van der Waals surface area contributed by atoms with Crippen LogP contribution < -0.4 is 10.0 Å². The Morgan fingerprint density at radius 2 is 2.15 bits per heavy atom. The molecule has 106 valence electrons. The summed E-state index contributed by atoms with van der Waals surface area (Å²) in [4.78, 5) is 3.24. The molecule has 0 fully saturated rings. The number of hydrogen-bond donors (Lipinski definition) is 3. The summed E-state index contributed by atoms with van der Waals surface area (Å²) in [5.74, 6) is 0. The molecule has 6 heteroatoms. The van der Waals surface area contributed by atoms with Crippen LogP contribution >= 0.6 is 0 Å². The van der Waals surface area contributed by atoms with Gasteiger partial charge in [0.15, 0.2) is 0 Å². The van der Waals surface area contributed by atoms with Crippen LogP contribution in [0.15, 0.2) is 30.5 Å². The van der Waals surface area contributed by atoms with Crippen molar-refractivity contribution >= 4 is 32.2 Å². The fourth-order valence-corrected chi connectivity index (χ4v) is 3.09. The SMILES string of the molecule is CS(=O)(=O)Nc1ccc2[nH]cc(C3=CCNCC3)c2c1. The quantitative estimate of drug-likeness (QED) is 0.809. The van der Waals surface area contributed by atoms with E-state index in [0.29, 0.717) is 5.69 Å². The Hall–Kier alpha value is -1.79. The van der Waals surface area contributed by atoms with Gasteiger partial charge in [-0.2, -0.15) is 0 Å². The van der Waals surface area contributed by atoms with Crippen molar-refractivity contribution in [2.24, 2.45) is 0 Å². The molecule has 0 amide bonds. The standard InChI is InChI=1S/C14H17N3O2S/c1-20(18,19)17-11-2-3-14-12(8-11)13(9-16-14)10-4-6-15-7-5-10/h2-4,8-9,15-17H,5-7H2,1H3. The Bertz CT molecular complexity index is 775. The molecule has 1 aromatic carbocycles. The highest BCUT2D eigenvalue weighted by Gasteiger charge is 2.12. The Labute approximate surface area is 118 Å². The lowest BCUT2D eigenvalue weighted by Crippen LogP contribution is -2.19. The van der Waals surface area contributed by atoms with E-state index < -0.39 is 10.0 Å². The Morgan fingerprint density at radius 3 is 2.85 bits per heavy atom. The maximum absolute atomic E-state index is 11.3. The van der Waals surface area contributed by atoms with Gasteiger partial charge in [-0.05, 0) is 36.7 Å². The van der Waals surface area contributed by atoms with E-state index in [1.54, 1.807) is 6.07 Å². The summed E-state index contributed by atoms with van der Waals surface area (Å²) in [5.41, 5.74) is 4.05. The molecule has 0 aliphatic carbocycles. The second kappa shape index (κ2) is 4.96. The van der Waals surface area contributed by atoms with Gasteiger partial charge in [0.2, 0.25) is 10.0 Å². The van der Waals surface area contributed by atoms with Crippen molar-refractivity contribution in [1.82, 2.24) is 10.3 Å². The maximum Gasteiger partial charge on any atom is 0.229 e. The lowest BCUT2D eigenvalue weighted by Gasteiger charge is -2.13. The molecule has 5 nitrogen and oxygen atoms in total. The van der Waals surface area contributed by atoms with Gasteiger partial charge in [0.05, 0.1) is 6.26 Å². The van der Waals surface area contributed by atoms with Crippen molar-refractivity contribution in [3.05, 3.63) is 36.0 Å². The molecule has 0 bridgehead atoms. The second-order valence-electron chi connectivity index (χ2n) is 5.02. The van der Waals surface area contributed by atoms with Crippen LogP contribution in [0.25, 0.3) is 16.5 Å². The zero-order valence-electron chi connectivity index (χ0n) is 11.2. The van der Waals surface area contributed by atoms with Crippen LogP contribution in [0, 0.1) is 0 Å². The molecule has 0 unspecified atom stereocenters. The van der Waals surface area contributed by atoms with Crippen molar-refractivity contribution in [1.29, 1.82) is 0 Å². The van der Waals surface area contributed by atoms with E-state index in [-0.39, 0.29) is 0 Å². The van der Waals surface area contributed by atoms with Crippen molar-refractivity contribution < 1.29 is 8.42 Å². The van der Waals surface area contributed by atoms with Gasteiger partial charge in [-0.25, -0.2) is 8.42 Å². The fraction of sp³-hybridized carbons (Fsp3) is 0.286. The minimum atomic E-state index is -3.25. The number of benzene rings is 1. The van der Waals surface area contributed by atoms with Gasteiger partial charge in [0, 0.05) is 34.9 Å². The highest BCUT2D eigenvalue weighted by atomic mass is 32.2. The molecule has 1 aliphatic rings. The first kappa shape index (κ1) is 13.2. The summed E-state index contributed by atoms with van der Waals surface area (Å²) in [6, 6.07) is 5.54. The van der Waals surface area contributed by atoms with Crippen LogP contribution in [0.1, 0.15) is 12.0 Å². The molecule has 0 atom stereocenters. The molecule has 2 aromatic rings. The van der Waals surface area contributed by atoms with Gasteiger partial charge in [-0.15, -0.1) is 0 Å². The van der Waals surface area contributed by atoms with Crippen molar-refractivity contribution in [3.8, 4) is 0 Å². The summed E-state index contributed by atoms with van der Waals surface area (Å²) in [7, 11) is -3.25. The van der Waals surface area contributed by atoms with Gasteiger partial charge < -0.3 is 10.3 Å². The lowest BCUT2D eigenvalue weighted by atomic mass is 9.99. The molecular weight excluding hydrogens is 274 g/mol. The molecule has 1 aromatic heterocycles. The first-order chi connectivity index (χ1) is 9.53. The topological polar surface area (TPSA) is 74.0 Å². The molecule has 0 spiro atoms. The normalized spacial score (nSPS) is 16.1. The van der Waals surface area contributed by atoms with Crippen molar-refractivity contribution in [3.63, 3.8) is 0 Å². The largest absolute Gasteiger partial charge is 0.361 e. The number of aromatic amines is 1. The summed E-state index contributed by atoms with van der Waals surface area (Å²) >= 11 is 0. The minimum absolute atomic E-state index is 0.593. The third-order valence-electron chi connectivity index (χ3n) is 3.39. The molecule has 0 saturated heterocycles. The van der Waals surface area contributed by atoms with Crippen LogP contribution in [0.5, 0.6) is 0 Å². The monoisotopic (exact) mass is 291 g/mol. The average Bonchev–Trinajstić information content (AvgIpc) is 2.81. The van der Waals surface area contributed by atoms with Gasteiger partial charge >= 0.3 is 0 Å². The van der Waals surface area contributed by atoms with E-state index in [9.17, 15) is 8.42 Å². The number of hydrogen-bond acceptors (Lipinski definition) is 3. The van der Waals surface area contributed by atoms with Crippen LogP contribution in [-0.4, -0.2) is 32.7 Å². The lowest BCUT2D eigenvalue weighted by molar-refractivity contribution is 0.607. The fourth-order valence-electron chi connectivity index (χ4n) is 2.53. The summed E-state index contributed by atoms with van der Waals surface area (Å²) in [5, 5.41) is 4.34. The van der Waals surface area contributed by atoms with Crippen LogP contribution in [-0.2, 0) is 10.0 Å². The van der Waals surface area contributed by atoms with Crippen LogP contribution in [0.2, 0.25) is 0 Å². The summed E-state index contributed by atoms with van der Waals surface area (Å²) in [6.45, 7) is 1.85. The third kappa shape index (κ3) is 2.71. The van der Waals surface area contributed by atoms with E-state index in [4.69, 9.17) is 0 Å². The first-order valence-corrected chi connectivity index (χ1v) is 8.41. The number of nitrogens with one attached hydrogen (secondary N) is 3. The number of H-pyrrole nitrogens is 1. The average molecular weight is 291 g/mol. The van der Waals surface area contributed by atoms with E-state index >= 15 is 0 Å². The number of rotatable bonds is 3. The van der Waals surface area contributed by atoms with Gasteiger partial charge in [-0.3, -0.25) is 4.72 Å². The summed E-state index contributed by atoms with van der Waals surface area (Å²) < 4.78 is 25.2. The molecule has 0 saturated carbocycles. The van der Waals surface area contributed by atoms with Gasteiger partial charge in [0.1, 0.15) is 0 Å². The second-order valence-corrected chi connectivity index (χ2v) is 6.77. The van der Waals surface area contributed by atoms with Crippen molar-refractivity contribution in [2.45, 2.75) is 6.42 Å². The van der Waals surface area contributed by atoms with Crippen LogP contribution in [0.4, 0.5) is 5.69 Å². The highest BCUT2D eigenvalue weighted by Crippen LogP contribution is 2.30. The van der Waals surface area contributed by atoms with Crippen LogP contribution in [0.3, 0.4) is 0 Å². The third-order valence-corrected chi connectivity index (χ3v) is 4.00. The summed E-state index contributed by atoms with van der Waals surface area (Å²) in [6.07, 6.45) is 6.32. The maximum atomic E-state index is 11.3. The minimum Gasteiger partial charge on any atom is -0.361 e. The van der Waals surface area contributed by atoms with E-state index in [0.717, 1.165) is 42.2 Å². The molecule has 20 heavy (non-hydrogen) atoms. The predicted octanol–water partition coefficient (Wildman–Crippen LogP) is 1.92. The molecule has 0 radical (unpaired) electrons. The zero-order chi connectivity index (χ0) is 14.2. The van der Waals surface area contributed by atoms with E-state index in [2.05, 4.69) is 21.1 Å². The zero-order valence-corrected chi connectivity index (χ0v) is 12.0. The van der Waals surface area contributed by atoms with Gasteiger partial charge in [0.25, 0.3) is 0 Å². The van der Waals surface area contributed by atoms with Crippen molar-refractivity contribution in [2.75, 3.05) is 24.1 Å². The Kier molecular flexibility index (Phi) is 3.27. The number of fused-ring (bicyclic) bond motifs is 1. The Balaban J connectivity index is 2.05. The Morgan fingerprint density at radius 1 is 1.30 bits per heavy atom.